The van der Waals surface area contributed by atoms with Crippen LogP contribution in [0.2, 0.25) is 0 Å². The molecular formula is C33H40FN3O6Pd. The molecule has 0 fully saturated rings. The topological polar surface area (TPSA) is 144 Å². The van der Waals surface area contributed by atoms with Gasteiger partial charge in [0.05, 0.1) is 32.3 Å². The van der Waals surface area contributed by atoms with Crippen molar-refractivity contribution < 1.29 is 54.1 Å². The number of nitrogens with zero attached hydrogens (tertiary/aromatic N) is 1. The van der Waals surface area contributed by atoms with E-state index in [1.807, 2.05) is 48.7 Å². The van der Waals surface area contributed by atoms with Crippen LogP contribution in [0.1, 0.15) is 62.3 Å². The van der Waals surface area contributed by atoms with Crippen LogP contribution in [0.3, 0.4) is 0 Å². The molecule has 44 heavy (non-hydrogen) atoms. The van der Waals surface area contributed by atoms with Gasteiger partial charge in [0.15, 0.2) is 5.78 Å². The molecule has 1 amide bonds. The Bertz CT molecular complexity index is 1450. The second-order valence-electron chi connectivity index (χ2n) is 10.8. The van der Waals surface area contributed by atoms with Crippen LogP contribution in [0.5, 0.6) is 0 Å². The monoisotopic (exact) mass is 699 g/mol. The molecule has 1 heterocycles. The zero-order valence-electron chi connectivity index (χ0n) is 25.3. The number of halogens is 1. The second kappa shape index (κ2) is 17.0. The molecule has 240 valence electrons. The zero-order valence-corrected chi connectivity index (χ0v) is 26.8. The van der Waals surface area contributed by atoms with E-state index in [0.717, 1.165) is 11.3 Å². The van der Waals surface area contributed by atoms with Gasteiger partial charge < -0.3 is 30.6 Å². The largest absolute Gasteiger partial charge is 0.469 e. The van der Waals surface area contributed by atoms with Gasteiger partial charge in [-0.15, -0.1) is 0 Å². The van der Waals surface area contributed by atoms with E-state index in [1.165, 1.54) is 25.3 Å². The van der Waals surface area contributed by atoms with Crippen LogP contribution in [0.15, 0.2) is 66.4 Å². The average molecular weight is 700 g/mol. The van der Waals surface area contributed by atoms with Gasteiger partial charge in [-0.3, -0.25) is 14.4 Å². The molecule has 9 nitrogen and oxygen atoms in total. The minimum atomic E-state index is -1.08. The van der Waals surface area contributed by atoms with Crippen molar-refractivity contribution in [2.45, 2.75) is 64.7 Å². The summed E-state index contributed by atoms with van der Waals surface area (Å²) >= 11 is 0. The fourth-order valence-corrected chi connectivity index (χ4v) is 5.14. The maximum Gasteiger partial charge on any atom is 0.308 e. The number of ketones is 1. The van der Waals surface area contributed by atoms with Gasteiger partial charge in [-0.2, -0.15) is 0 Å². The number of nitrogens with two attached hydrogens (primary N) is 1. The molecule has 3 aromatic rings. The number of hydrogen-bond donors (Lipinski definition) is 4. The Morgan fingerprint density at radius 3 is 2.18 bits per heavy atom. The van der Waals surface area contributed by atoms with E-state index in [1.54, 1.807) is 19.1 Å². The van der Waals surface area contributed by atoms with Crippen molar-refractivity contribution in [2.24, 2.45) is 5.73 Å². The van der Waals surface area contributed by atoms with Gasteiger partial charge in [0, 0.05) is 55.1 Å². The van der Waals surface area contributed by atoms with Crippen LogP contribution < -0.4 is 11.1 Å². The summed E-state index contributed by atoms with van der Waals surface area (Å²) in [4.78, 5) is 37.8. The first kappa shape index (κ1) is 36.6. The molecular weight excluding hydrogens is 660 g/mol. The maximum atomic E-state index is 14.0. The van der Waals surface area contributed by atoms with Crippen molar-refractivity contribution in [1.29, 1.82) is 0 Å². The summed E-state index contributed by atoms with van der Waals surface area (Å²) in [5, 5.41) is 23.8. The van der Waals surface area contributed by atoms with Crippen LogP contribution in [0.25, 0.3) is 22.3 Å². The van der Waals surface area contributed by atoms with Gasteiger partial charge in [-0.25, -0.2) is 4.39 Å². The standard InChI is InChI=1S/C33H40FN3O6.Pd/c1-20(2)37-28(15-14-25(38)17-26(39)18-29(41)43-4)30(23-10-12-24(34)13-11-23)31(22-8-6-5-7-9-22)32(37)33(42)36-19-27(40)16-21(3)35;/h5-13,16,20,25-26,38-39H,14-15,17-19,35H2,1-4H3,(H,36,42);/b21-16-;/t25-,26-;/m1./s1. The summed E-state index contributed by atoms with van der Waals surface area (Å²) < 4.78 is 20.5. The van der Waals surface area contributed by atoms with Gasteiger partial charge in [-0.05, 0) is 63.3 Å². The first-order valence-electron chi connectivity index (χ1n) is 14.2. The quantitative estimate of drug-likeness (QED) is 0.112. The number of allylic oxidation sites excluding steroid dienone is 1. The molecule has 0 spiro atoms. The zero-order chi connectivity index (χ0) is 31.7. The van der Waals surface area contributed by atoms with E-state index in [4.69, 9.17) is 5.73 Å². The molecule has 0 saturated carbocycles. The summed E-state index contributed by atoms with van der Waals surface area (Å²) in [5.74, 6) is -1.83. The fraction of sp³-hybridized carbons (Fsp3) is 0.364. The molecule has 11 heteroatoms. The van der Waals surface area contributed by atoms with E-state index in [-0.39, 0.29) is 64.5 Å². The Kier molecular flexibility index (Phi) is 14.1. The van der Waals surface area contributed by atoms with E-state index < -0.39 is 29.9 Å². The molecule has 2 aromatic carbocycles. The fourth-order valence-electron chi connectivity index (χ4n) is 5.14. The van der Waals surface area contributed by atoms with Crippen LogP contribution in [0, 0.1) is 5.82 Å². The van der Waals surface area contributed by atoms with Crippen molar-refractivity contribution in [3.05, 3.63) is 83.6 Å². The first-order chi connectivity index (χ1) is 20.4. The van der Waals surface area contributed by atoms with E-state index in [0.29, 0.717) is 28.1 Å². The van der Waals surface area contributed by atoms with E-state index >= 15 is 0 Å². The van der Waals surface area contributed by atoms with E-state index in [9.17, 15) is 29.0 Å². The number of aliphatic hydroxyl groups excluding tert-OH is 2. The third-order valence-corrected chi connectivity index (χ3v) is 6.93. The average Bonchev–Trinajstić information content (AvgIpc) is 3.30. The van der Waals surface area contributed by atoms with Crippen LogP contribution in [-0.2, 0) is 41.2 Å². The molecule has 0 saturated heterocycles. The van der Waals surface area contributed by atoms with Crippen molar-refractivity contribution in [2.75, 3.05) is 13.7 Å². The number of rotatable bonds is 14. The summed E-state index contributed by atoms with van der Waals surface area (Å²) in [5.41, 5.74) is 9.69. The Balaban J connectivity index is 0.00000675. The summed E-state index contributed by atoms with van der Waals surface area (Å²) in [7, 11) is 1.23. The Morgan fingerprint density at radius 1 is 1.00 bits per heavy atom. The maximum absolute atomic E-state index is 14.0. The summed E-state index contributed by atoms with van der Waals surface area (Å²) in [6.07, 6.45) is -0.575. The molecule has 0 bridgehead atoms. The van der Waals surface area contributed by atoms with Crippen molar-refractivity contribution in [3.63, 3.8) is 0 Å². The minimum absolute atomic E-state index is 0. The molecule has 0 aliphatic rings. The first-order valence-corrected chi connectivity index (χ1v) is 14.2. The third-order valence-electron chi connectivity index (χ3n) is 6.93. The van der Waals surface area contributed by atoms with Crippen LogP contribution in [-0.4, -0.2) is 58.3 Å². The molecule has 2 atom stereocenters. The Hall–Kier alpha value is -3.62. The number of benzene rings is 2. The number of esters is 1. The number of carbonyl (C=O) groups is 3. The van der Waals surface area contributed by atoms with E-state index in [2.05, 4.69) is 10.1 Å². The van der Waals surface area contributed by atoms with Crippen molar-refractivity contribution in [3.8, 4) is 22.3 Å². The molecule has 0 aliphatic carbocycles. The normalized spacial score (nSPS) is 12.8. The van der Waals surface area contributed by atoms with Crippen molar-refractivity contribution in [1.82, 2.24) is 9.88 Å². The smallest absolute Gasteiger partial charge is 0.308 e. The van der Waals surface area contributed by atoms with Gasteiger partial charge in [0.1, 0.15) is 11.5 Å². The Morgan fingerprint density at radius 2 is 1.61 bits per heavy atom. The molecule has 5 N–H and O–H groups in total. The SMILES string of the molecule is COC(=O)C[C@H](O)C[C@H](O)CCc1c(-c2ccc(F)cc2)c(-c2ccccc2)c(C(=O)NCC(=O)/C=C(/C)N)n1C(C)C.[Pd]. The van der Waals surface area contributed by atoms with Gasteiger partial charge in [0.2, 0.25) is 0 Å². The number of aliphatic hydroxyl groups is 2. The number of hydrogen-bond acceptors (Lipinski definition) is 7. The second-order valence-corrected chi connectivity index (χ2v) is 10.8. The third kappa shape index (κ3) is 9.69. The predicted octanol–water partition coefficient (Wildman–Crippen LogP) is 4.31. The molecule has 0 radical (unpaired) electrons. The molecule has 0 unspecified atom stereocenters. The molecule has 0 aliphatic heterocycles. The van der Waals surface area contributed by atoms with Gasteiger partial charge >= 0.3 is 5.97 Å². The number of nitrogens with one attached hydrogen (secondary N) is 1. The minimum Gasteiger partial charge on any atom is -0.469 e. The summed E-state index contributed by atoms with van der Waals surface area (Å²) in [6, 6.07) is 15.1. The van der Waals surface area contributed by atoms with Crippen LogP contribution in [0.4, 0.5) is 4.39 Å². The van der Waals surface area contributed by atoms with Gasteiger partial charge in [-0.1, -0.05) is 42.5 Å². The van der Waals surface area contributed by atoms with Crippen molar-refractivity contribution >= 4 is 17.7 Å². The van der Waals surface area contributed by atoms with Gasteiger partial charge in [0.25, 0.3) is 5.91 Å². The number of ether oxygens (including phenoxy) is 1. The predicted molar refractivity (Wildman–Crippen MR) is 163 cm³/mol. The number of aromatic nitrogens is 1. The molecule has 3 rings (SSSR count). The number of amides is 1. The molecule has 1 aromatic heterocycles. The summed E-state index contributed by atoms with van der Waals surface area (Å²) in [6.45, 7) is 5.17. The van der Waals surface area contributed by atoms with Crippen LogP contribution >= 0.6 is 0 Å². The number of carbonyl (C=O) groups excluding carboxylic acids is 3. The Labute approximate surface area is 271 Å². The number of methoxy groups -OCH3 is 1.